The molecule has 0 unspecified atom stereocenters. The van der Waals surface area contributed by atoms with E-state index >= 15 is 0 Å². The quantitative estimate of drug-likeness (QED) is 0.608. The fraction of sp³-hybridized carbons (Fsp3) is 0.450. The van der Waals surface area contributed by atoms with Gasteiger partial charge in [-0.2, -0.15) is 0 Å². The number of halogens is 1. The predicted molar refractivity (Wildman–Crippen MR) is 102 cm³/mol. The van der Waals surface area contributed by atoms with Crippen LogP contribution in [0.4, 0.5) is 4.39 Å². The predicted octanol–water partition coefficient (Wildman–Crippen LogP) is 4.23. The molecular formula is C20H24FN3OS. The van der Waals surface area contributed by atoms with Crippen molar-refractivity contribution in [3.8, 4) is 0 Å². The Morgan fingerprint density at radius 1 is 1.27 bits per heavy atom. The molecule has 2 aromatic rings. The van der Waals surface area contributed by atoms with Crippen LogP contribution in [-0.4, -0.2) is 28.7 Å². The van der Waals surface area contributed by atoms with Crippen LogP contribution in [0, 0.1) is 12.7 Å². The van der Waals surface area contributed by atoms with Crippen LogP contribution in [0.3, 0.4) is 0 Å². The number of benzene rings is 1. The number of rotatable bonds is 6. The van der Waals surface area contributed by atoms with Gasteiger partial charge in [0, 0.05) is 17.9 Å². The van der Waals surface area contributed by atoms with E-state index in [-0.39, 0.29) is 23.1 Å². The van der Waals surface area contributed by atoms with E-state index in [1.165, 1.54) is 23.9 Å². The van der Waals surface area contributed by atoms with Crippen molar-refractivity contribution in [2.75, 3.05) is 12.8 Å². The molecule has 1 aliphatic carbocycles. The average Bonchev–Trinajstić information content (AvgIpc) is 3.40. The normalized spacial score (nSPS) is 15.2. The minimum atomic E-state index is -0.240. The molecule has 1 amide bonds. The molecule has 0 aliphatic heterocycles. The summed E-state index contributed by atoms with van der Waals surface area (Å²) < 4.78 is 13.2. The maximum Gasteiger partial charge on any atom is 0.255 e. The van der Waals surface area contributed by atoms with Gasteiger partial charge in [0.25, 0.3) is 5.91 Å². The molecule has 1 heterocycles. The minimum absolute atomic E-state index is 0.0739. The number of thioether (sulfide) groups is 1. The number of amides is 1. The third-order valence-corrected chi connectivity index (χ3v) is 5.59. The lowest BCUT2D eigenvalue weighted by atomic mass is 9.96. The van der Waals surface area contributed by atoms with Gasteiger partial charge < -0.3 is 5.32 Å². The zero-order chi connectivity index (χ0) is 18.9. The van der Waals surface area contributed by atoms with E-state index in [9.17, 15) is 9.18 Å². The molecule has 0 spiro atoms. The molecular weight excluding hydrogens is 349 g/mol. The van der Waals surface area contributed by atoms with Crippen LogP contribution in [-0.2, 0) is 5.41 Å². The maximum atomic E-state index is 13.2. The van der Waals surface area contributed by atoms with Crippen LogP contribution in [0.1, 0.15) is 60.0 Å². The van der Waals surface area contributed by atoms with Gasteiger partial charge in [-0.05, 0) is 43.7 Å². The molecule has 1 N–H and O–H groups in total. The molecule has 0 bridgehead atoms. The lowest BCUT2D eigenvalue weighted by Crippen LogP contribution is -2.33. The Hall–Kier alpha value is -1.95. The molecule has 0 atom stereocenters. The van der Waals surface area contributed by atoms with Gasteiger partial charge in [-0.25, -0.2) is 14.4 Å². The van der Waals surface area contributed by atoms with Crippen LogP contribution in [0.25, 0.3) is 0 Å². The van der Waals surface area contributed by atoms with Gasteiger partial charge in [-0.15, -0.1) is 11.8 Å². The molecule has 1 saturated carbocycles. The summed E-state index contributed by atoms with van der Waals surface area (Å²) in [5, 5.41) is 3.77. The highest BCUT2D eigenvalue weighted by Gasteiger charge is 2.44. The number of hydrogen-bond acceptors (Lipinski definition) is 4. The molecule has 26 heavy (non-hydrogen) atoms. The van der Waals surface area contributed by atoms with E-state index < -0.39 is 0 Å². The van der Waals surface area contributed by atoms with E-state index in [1.54, 1.807) is 0 Å². The van der Waals surface area contributed by atoms with Gasteiger partial charge in [-0.3, -0.25) is 4.79 Å². The standard InChI is InChI=1S/C20H24FN3OS/c1-12(2)17-23-13(3)16(19(24-17)26-4)18(25)22-11-20(9-10-20)14-5-7-15(21)8-6-14/h5-8,12H,9-11H2,1-4H3,(H,22,25). The fourth-order valence-electron chi connectivity index (χ4n) is 3.09. The number of aromatic nitrogens is 2. The van der Waals surface area contributed by atoms with Crippen LogP contribution in [0.5, 0.6) is 0 Å². The van der Waals surface area contributed by atoms with Gasteiger partial charge in [0.1, 0.15) is 16.7 Å². The van der Waals surface area contributed by atoms with Crippen molar-refractivity contribution in [3.63, 3.8) is 0 Å². The maximum absolute atomic E-state index is 13.2. The first kappa shape index (κ1) is 18.8. The Labute approximate surface area is 158 Å². The number of hydrogen-bond donors (Lipinski definition) is 1. The second kappa shape index (κ2) is 7.35. The molecule has 1 aromatic carbocycles. The van der Waals surface area contributed by atoms with Crippen molar-refractivity contribution in [1.82, 2.24) is 15.3 Å². The van der Waals surface area contributed by atoms with Crippen molar-refractivity contribution < 1.29 is 9.18 Å². The Morgan fingerprint density at radius 2 is 1.92 bits per heavy atom. The third-order valence-electron chi connectivity index (χ3n) is 4.91. The number of carbonyl (C=O) groups excluding carboxylic acids is 1. The first-order valence-corrected chi connectivity index (χ1v) is 10.1. The minimum Gasteiger partial charge on any atom is -0.351 e. The zero-order valence-corrected chi connectivity index (χ0v) is 16.4. The van der Waals surface area contributed by atoms with E-state index in [0.29, 0.717) is 22.8 Å². The number of carbonyl (C=O) groups is 1. The van der Waals surface area contributed by atoms with Crippen molar-refractivity contribution in [2.24, 2.45) is 0 Å². The molecule has 0 radical (unpaired) electrons. The molecule has 3 rings (SSSR count). The van der Waals surface area contributed by atoms with Crippen LogP contribution in [0.2, 0.25) is 0 Å². The third kappa shape index (κ3) is 3.75. The van der Waals surface area contributed by atoms with Crippen molar-refractivity contribution in [1.29, 1.82) is 0 Å². The number of nitrogens with zero attached hydrogens (tertiary/aromatic N) is 2. The monoisotopic (exact) mass is 373 g/mol. The topological polar surface area (TPSA) is 54.9 Å². The zero-order valence-electron chi connectivity index (χ0n) is 15.6. The fourth-order valence-corrected chi connectivity index (χ4v) is 3.72. The van der Waals surface area contributed by atoms with Crippen molar-refractivity contribution in [2.45, 2.75) is 50.0 Å². The van der Waals surface area contributed by atoms with Crippen molar-refractivity contribution in [3.05, 3.63) is 52.7 Å². The SMILES string of the molecule is CSc1nc(C(C)C)nc(C)c1C(=O)NCC1(c2ccc(F)cc2)CC1. The van der Waals surface area contributed by atoms with Crippen molar-refractivity contribution >= 4 is 17.7 Å². The van der Waals surface area contributed by atoms with Gasteiger partial charge >= 0.3 is 0 Å². The van der Waals surface area contributed by atoms with E-state index in [0.717, 1.165) is 24.2 Å². The molecule has 1 fully saturated rings. The molecule has 4 nitrogen and oxygen atoms in total. The van der Waals surface area contributed by atoms with Gasteiger partial charge in [0.2, 0.25) is 0 Å². The Morgan fingerprint density at radius 3 is 2.46 bits per heavy atom. The summed E-state index contributed by atoms with van der Waals surface area (Å²) in [6.45, 7) is 6.47. The van der Waals surface area contributed by atoms with Gasteiger partial charge in [0.15, 0.2) is 0 Å². The highest BCUT2D eigenvalue weighted by molar-refractivity contribution is 7.98. The number of nitrogens with one attached hydrogen (secondary N) is 1. The molecule has 6 heteroatoms. The van der Waals surface area contributed by atoms with Crippen LogP contribution >= 0.6 is 11.8 Å². The lowest BCUT2D eigenvalue weighted by Gasteiger charge is -2.18. The van der Waals surface area contributed by atoms with E-state index in [4.69, 9.17) is 0 Å². The van der Waals surface area contributed by atoms with E-state index in [2.05, 4.69) is 15.3 Å². The first-order chi connectivity index (χ1) is 12.4. The van der Waals surface area contributed by atoms with Crippen LogP contribution in [0.15, 0.2) is 29.3 Å². The molecule has 1 aliphatic rings. The van der Waals surface area contributed by atoms with Gasteiger partial charge in [-0.1, -0.05) is 26.0 Å². The highest BCUT2D eigenvalue weighted by atomic mass is 32.2. The summed E-state index contributed by atoms with van der Waals surface area (Å²) in [4.78, 5) is 21.9. The van der Waals surface area contributed by atoms with Crippen LogP contribution < -0.4 is 5.32 Å². The second-order valence-corrected chi connectivity index (χ2v) is 7.97. The van der Waals surface area contributed by atoms with E-state index in [1.807, 2.05) is 39.2 Å². The van der Waals surface area contributed by atoms with Gasteiger partial charge in [0.05, 0.1) is 11.3 Å². The average molecular weight is 373 g/mol. The Bertz CT molecular complexity index is 817. The smallest absolute Gasteiger partial charge is 0.255 e. The number of aryl methyl sites for hydroxylation is 1. The highest BCUT2D eigenvalue weighted by Crippen LogP contribution is 2.47. The Balaban J connectivity index is 1.77. The molecule has 1 aromatic heterocycles. The largest absolute Gasteiger partial charge is 0.351 e. The summed E-state index contributed by atoms with van der Waals surface area (Å²) in [5.41, 5.74) is 2.26. The summed E-state index contributed by atoms with van der Waals surface area (Å²) in [5.74, 6) is 0.588. The summed E-state index contributed by atoms with van der Waals surface area (Å²) >= 11 is 1.46. The molecule has 0 saturated heterocycles. The summed E-state index contributed by atoms with van der Waals surface area (Å²) in [6.07, 6.45) is 3.91. The Kier molecular flexibility index (Phi) is 5.32. The molecule has 138 valence electrons. The first-order valence-electron chi connectivity index (χ1n) is 8.83. The summed E-state index contributed by atoms with van der Waals surface area (Å²) in [7, 11) is 0. The second-order valence-electron chi connectivity index (χ2n) is 7.18. The lowest BCUT2D eigenvalue weighted by molar-refractivity contribution is 0.0944. The summed E-state index contributed by atoms with van der Waals surface area (Å²) in [6, 6.07) is 6.58.